The zero-order chi connectivity index (χ0) is 17.5. The number of imidazole rings is 1. The predicted molar refractivity (Wildman–Crippen MR) is 79.4 cm³/mol. The number of carbonyl (C=O) groups is 1. The first kappa shape index (κ1) is 15.9. The minimum absolute atomic E-state index is 0.256. The summed E-state index contributed by atoms with van der Waals surface area (Å²) < 4.78 is 43.7. The zero-order valence-electron chi connectivity index (χ0n) is 12.3. The van der Waals surface area contributed by atoms with E-state index in [4.69, 9.17) is 5.11 Å². The molecule has 8 heteroatoms. The Hall–Kier alpha value is -3.03. The van der Waals surface area contributed by atoms with Gasteiger partial charge in [0.15, 0.2) is 0 Å². The van der Waals surface area contributed by atoms with Crippen LogP contribution in [-0.2, 0) is 4.79 Å². The molecule has 0 aliphatic carbocycles. The number of ether oxygens (including phenoxy) is 1. The highest BCUT2D eigenvalue weighted by atomic mass is 19.3. The van der Waals surface area contributed by atoms with Gasteiger partial charge in [-0.2, -0.15) is 8.78 Å². The molecule has 0 fully saturated rings. The Bertz CT molecular complexity index is 937. The molecular weight excluding hydrogens is 325 g/mol. The fourth-order valence-electron chi connectivity index (χ4n) is 2.21. The van der Waals surface area contributed by atoms with Gasteiger partial charge in [-0.15, -0.1) is 0 Å². The van der Waals surface area contributed by atoms with Crippen molar-refractivity contribution in [3.05, 3.63) is 47.8 Å². The van der Waals surface area contributed by atoms with E-state index in [1.54, 1.807) is 0 Å². The van der Waals surface area contributed by atoms with Gasteiger partial charge < -0.3 is 14.8 Å². The van der Waals surface area contributed by atoms with E-state index in [1.807, 2.05) is 0 Å². The first-order chi connectivity index (χ1) is 11.3. The standard InChI is InChI=1S/C16H11F3N2O3/c1-8-6-9(2-5-13(8)24-16(18,19)15(22)23)14-20-11-4-3-10(17)7-12(11)21-14/h2-7H,1H3,(H,20,21)(H,22,23). The largest absolute Gasteiger partial charge is 0.501 e. The molecule has 0 atom stereocenters. The summed E-state index contributed by atoms with van der Waals surface area (Å²) in [6, 6.07) is 8.29. The van der Waals surface area contributed by atoms with Crippen molar-refractivity contribution < 1.29 is 27.8 Å². The van der Waals surface area contributed by atoms with E-state index in [1.165, 1.54) is 43.3 Å². The van der Waals surface area contributed by atoms with Crippen LogP contribution >= 0.6 is 0 Å². The molecule has 0 aliphatic rings. The first-order valence-corrected chi connectivity index (χ1v) is 6.83. The molecule has 3 rings (SSSR count). The second-order valence-corrected chi connectivity index (χ2v) is 5.15. The van der Waals surface area contributed by atoms with Crippen LogP contribution in [0.1, 0.15) is 5.56 Å². The first-order valence-electron chi connectivity index (χ1n) is 6.83. The Kier molecular flexibility index (Phi) is 3.67. The molecule has 2 aromatic carbocycles. The predicted octanol–water partition coefficient (Wildman–Crippen LogP) is 3.73. The quantitative estimate of drug-likeness (QED) is 0.761. The minimum Gasteiger partial charge on any atom is -0.474 e. The monoisotopic (exact) mass is 336 g/mol. The van der Waals surface area contributed by atoms with Gasteiger partial charge >= 0.3 is 12.1 Å². The van der Waals surface area contributed by atoms with Crippen molar-refractivity contribution in [1.29, 1.82) is 0 Å². The molecule has 0 saturated carbocycles. The lowest BCUT2D eigenvalue weighted by atomic mass is 10.1. The summed E-state index contributed by atoms with van der Waals surface area (Å²) >= 11 is 0. The van der Waals surface area contributed by atoms with E-state index in [0.717, 1.165) is 0 Å². The summed E-state index contributed by atoms with van der Waals surface area (Å²) in [4.78, 5) is 17.7. The van der Waals surface area contributed by atoms with Gasteiger partial charge in [0.25, 0.3) is 0 Å². The lowest BCUT2D eigenvalue weighted by Crippen LogP contribution is -2.35. The topological polar surface area (TPSA) is 75.2 Å². The maximum atomic E-state index is 13.2. The third kappa shape index (κ3) is 2.90. The van der Waals surface area contributed by atoms with Crippen LogP contribution in [0.2, 0.25) is 0 Å². The Morgan fingerprint density at radius 2 is 2.00 bits per heavy atom. The van der Waals surface area contributed by atoms with Gasteiger partial charge in [0.2, 0.25) is 0 Å². The Morgan fingerprint density at radius 3 is 2.67 bits per heavy atom. The molecular formula is C16H11F3N2O3. The third-order valence-electron chi connectivity index (χ3n) is 3.38. The third-order valence-corrected chi connectivity index (χ3v) is 3.38. The van der Waals surface area contributed by atoms with Crippen LogP contribution in [0.25, 0.3) is 22.4 Å². The average Bonchev–Trinajstić information content (AvgIpc) is 2.92. The molecule has 24 heavy (non-hydrogen) atoms. The maximum Gasteiger partial charge on any atom is 0.501 e. The number of carboxylic acid groups (broad SMARTS) is 1. The number of fused-ring (bicyclic) bond motifs is 1. The van der Waals surface area contributed by atoms with Crippen molar-refractivity contribution >= 4 is 17.0 Å². The number of aromatic amines is 1. The highest BCUT2D eigenvalue weighted by Crippen LogP contribution is 2.29. The van der Waals surface area contributed by atoms with Gasteiger partial charge in [-0.1, -0.05) is 0 Å². The van der Waals surface area contributed by atoms with Crippen LogP contribution in [-0.4, -0.2) is 27.2 Å². The summed E-state index contributed by atoms with van der Waals surface area (Å²) in [5, 5.41) is 8.41. The Balaban J connectivity index is 1.95. The van der Waals surface area contributed by atoms with Crippen LogP contribution in [0.15, 0.2) is 36.4 Å². The van der Waals surface area contributed by atoms with Gasteiger partial charge in [-0.25, -0.2) is 14.2 Å². The molecule has 0 saturated heterocycles. The van der Waals surface area contributed by atoms with Crippen LogP contribution in [0.5, 0.6) is 5.75 Å². The molecule has 2 N–H and O–H groups in total. The number of hydrogen-bond acceptors (Lipinski definition) is 3. The number of H-pyrrole nitrogens is 1. The lowest BCUT2D eigenvalue weighted by molar-refractivity contribution is -0.211. The number of benzene rings is 2. The fourth-order valence-corrected chi connectivity index (χ4v) is 2.21. The van der Waals surface area contributed by atoms with E-state index in [0.29, 0.717) is 28.0 Å². The summed E-state index contributed by atoms with van der Waals surface area (Å²) in [5.74, 6) is -2.61. The van der Waals surface area contributed by atoms with Gasteiger partial charge in [0.1, 0.15) is 17.4 Å². The van der Waals surface area contributed by atoms with Crippen molar-refractivity contribution in [3.63, 3.8) is 0 Å². The molecule has 124 valence electrons. The van der Waals surface area contributed by atoms with Crippen LogP contribution in [0.3, 0.4) is 0 Å². The van der Waals surface area contributed by atoms with Crippen molar-refractivity contribution in [2.45, 2.75) is 13.0 Å². The summed E-state index contributed by atoms with van der Waals surface area (Å²) in [6.45, 7) is 1.50. The number of nitrogens with one attached hydrogen (secondary N) is 1. The molecule has 3 aromatic rings. The molecule has 0 spiro atoms. The summed E-state index contributed by atoms with van der Waals surface area (Å²) in [7, 11) is 0. The minimum atomic E-state index is -4.32. The van der Waals surface area contributed by atoms with E-state index in [2.05, 4.69) is 14.7 Å². The SMILES string of the molecule is Cc1cc(-c2nc3ccc(F)cc3[nH]2)ccc1OC(F)(F)C(=O)O. The second-order valence-electron chi connectivity index (χ2n) is 5.15. The van der Waals surface area contributed by atoms with Crippen LogP contribution in [0, 0.1) is 12.7 Å². The van der Waals surface area contributed by atoms with E-state index >= 15 is 0 Å². The number of rotatable bonds is 4. The van der Waals surface area contributed by atoms with E-state index in [9.17, 15) is 18.0 Å². The smallest absolute Gasteiger partial charge is 0.474 e. The lowest BCUT2D eigenvalue weighted by Gasteiger charge is -2.15. The molecule has 0 bridgehead atoms. The van der Waals surface area contributed by atoms with Crippen molar-refractivity contribution in [2.75, 3.05) is 0 Å². The highest BCUT2D eigenvalue weighted by Gasteiger charge is 2.42. The number of alkyl halides is 2. The molecule has 0 radical (unpaired) electrons. The molecule has 1 heterocycles. The number of hydrogen-bond donors (Lipinski definition) is 2. The number of aromatic nitrogens is 2. The molecule has 0 amide bonds. The summed E-state index contributed by atoms with van der Waals surface area (Å²) in [5.41, 5.74) is 1.93. The van der Waals surface area contributed by atoms with Crippen molar-refractivity contribution in [2.24, 2.45) is 0 Å². The van der Waals surface area contributed by atoms with Crippen LogP contribution in [0.4, 0.5) is 13.2 Å². The number of halogens is 3. The maximum absolute atomic E-state index is 13.2. The Labute approximate surface area is 133 Å². The molecule has 5 nitrogen and oxygen atoms in total. The average molecular weight is 336 g/mol. The van der Waals surface area contributed by atoms with Gasteiger partial charge in [0, 0.05) is 5.56 Å². The molecule has 0 unspecified atom stereocenters. The summed E-state index contributed by atoms with van der Waals surface area (Å²) in [6.07, 6.45) is -4.32. The fraction of sp³-hybridized carbons (Fsp3) is 0.125. The van der Waals surface area contributed by atoms with Gasteiger partial charge in [-0.05, 0) is 48.9 Å². The number of aliphatic carboxylic acids is 1. The highest BCUT2D eigenvalue weighted by molar-refractivity contribution is 5.79. The van der Waals surface area contributed by atoms with E-state index < -0.39 is 17.9 Å². The van der Waals surface area contributed by atoms with Crippen molar-refractivity contribution in [1.82, 2.24) is 9.97 Å². The normalized spacial score (nSPS) is 11.7. The zero-order valence-corrected chi connectivity index (χ0v) is 12.3. The molecule has 0 aliphatic heterocycles. The van der Waals surface area contributed by atoms with Gasteiger partial charge in [-0.3, -0.25) is 0 Å². The van der Waals surface area contributed by atoms with Gasteiger partial charge in [0.05, 0.1) is 11.0 Å². The Morgan fingerprint density at radius 1 is 1.25 bits per heavy atom. The molecule has 1 aromatic heterocycles. The number of carboxylic acids is 1. The second kappa shape index (κ2) is 5.55. The number of nitrogens with zero attached hydrogens (tertiary/aromatic N) is 1. The van der Waals surface area contributed by atoms with Crippen LogP contribution < -0.4 is 4.74 Å². The van der Waals surface area contributed by atoms with E-state index in [-0.39, 0.29) is 5.75 Å². The van der Waals surface area contributed by atoms with Crippen molar-refractivity contribution in [3.8, 4) is 17.1 Å². The number of aryl methyl sites for hydroxylation is 1.